The van der Waals surface area contributed by atoms with Crippen LogP contribution in [0.3, 0.4) is 0 Å². The molecule has 1 fully saturated rings. The smallest absolute Gasteiger partial charge is 0.166 e. The Morgan fingerprint density at radius 3 is 2.80 bits per heavy atom. The number of amidine groups is 2. The Hall–Kier alpha value is -0.130. The largest absolute Gasteiger partial charge is 0.409 e. The minimum atomic E-state index is -0.902. The highest BCUT2D eigenvalue weighted by Gasteiger charge is 2.47. The lowest BCUT2D eigenvalue weighted by atomic mass is 10.1. The minimum Gasteiger partial charge on any atom is -0.409 e. The van der Waals surface area contributed by atoms with E-state index < -0.39 is 4.33 Å². The van der Waals surface area contributed by atoms with Crippen molar-refractivity contribution in [1.29, 1.82) is 0 Å². The number of nitrogens with zero attached hydrogens (tertiary/aromatic N) is 3. The molecule has 0 radical (unpaired) electrons. The maximum atomic E-state index is 9.00. The topological polar surface area (TPSA) is 48.2 Å². The van der Waals surface area contributed by atoms with Crippen molar-refractivity contribution in [3.05, 3.63) is 0 Å². The lowest BCUT2D eigenvalue weighted by Gasteiger charge is -2.30. The third-order valence-electron chi connectivity index (χ3n) is 2.30. The van der Waals surface area contributed by atoms with Crippen molar-refractivity contribution in [2.24, 2.45) is 10.1 Å². The summed E-state index contributed by atoms with van der Waals surface area (Å²) in [5.41, 5.74) is 0. The van der Waals surface area contributed by atoms with Gasteiger partial charge >= 0.3 is 0 Å². The first-order valence-corrected chi connectivity index (χ1v) is 6.04. The highest BCUT2D eigenvalue weighted by molar-refractivity contribution is 8.16. The van der Waals surface area contributed by atoms with Crippen LogP contribution in [0.1, 0.15) is 13.8 Å². The Balaban J connectivity index is 2.37. The van der Waals surface area contributed by atoms with E-state index in [0.717, 1.165) is 5.17 Å². The first kappa shape index (κ1) is 11.4. The molecule has 2 heterocycles. The normalized spacial score (nSPS) is 30.3. The summed E-state index contributed by atoms with van der Waals surface area (Å²) in [7, 11) is 0. The van der Waals surface area contributed by atoms with Gasteiger partial charge in [-0.25, -0.2) is 0 Å². The number of thioether (sulfide) groups is 1. The zero-order valence-corrected chi connectivity index (χ0v) is 10.7. The molecule has 0 unspecified atom stereocenters. The molecule has 7 heteroatoms. The summed E-state index contributed by atoms with van der Waals surface area (Å²) in [6.45, 7) is 4.73. The maximum absolute atomic E-state index is 9.00. The number of halogens is 2. The van der Waals surface area contributed by atoms with Crippen LogP contribution in [0.4, 0.5) is 0 Å². The van der Waals surface area contributed by atoms with Crippen molar-refractivity contribution in [1.82, 2.24) is 4.90 Å². The molecule has 0 aliphatic carbocycles. The first-order valence-electron chi connectivity index (χ1n) is 4.47. The number of hydrogen-bond acceptors (Lipinski definition) is 4. The Labute approximate surface area is 102 Å². The molecule has 0 aromatic rings. The van der Waals surface area contributed by atoms with E-state index in [0.29, 0.717) is 18.9 Å². The summed E-state index contributed by atoms with van der Waals surface area (Å²) in [5, 5.41) is 13.1. The van der Waals surface area contributed by atoms with Crippen LogP contribution >= 0.6 is 35.0 Å². The van der Waals surface area contributed by atoms with Gasteiger partial charge < -0.3 is 10.1 Å². The zero-order chi connectivity index (χ0) is 11.3. The molecule has 0 aromatic carbocycles. The van der Waals surface area contributed by atoms with Crippen molar-refractivity contribution < 1.29 is 5.21 Å². The fraction of sp³-hybridized carbons (Fsp3) is 0.750. The van der Waals surface area contributed by atoms with Gasteiger partial charge in [-0.15, -0.1) is 0 Å². The SMILES string of the molecule is CC1(C)SC2=NCC(Cl)(Cl)CN2/C1=N\O. The number of fused-ring (bicyclic) bond motifs is 1. The quantitative estimate of drug-likeness (QED) is 0.416. The fourth-order valence-corrected chi connectivity index (χ4v) is 3.09. The molecule has 1 N–H and O–H groups in total. The van der Waals surface area contributed by atoms with Gasteiger partial charge in [-0.1, -0.05) is 40.1 Å². The van der Waals surface area contributed by atoms with E-state index in [4.69, 9.17) is 28.4 Å². The van der Waals surface area contributed by atoms with Crippen molar-refractivity contribution in [3.63, 3.8) is 0 Å². The van der Waals surface area contributed by atoms with Gasteiger partial charge in [-0.2, -0.15) is 0 Å². The molecule has 84 valence electrons. The van der Waals surface area contributed by atoms with E-state index in [1.165, 1.54) is 0 Å². The molecule has 2 aliphatic heterocycles. The van der Waals surface area contributed by atoms with E-state index in [1.807, 2.05) is 13.8 Å². The summed E-state index contributed by atoms with van der Waals surface area (Å²) >= 11 is 13.6. The lowest BCUT2D eigenvalue weighted by molar-refractivity contribution is 0.306. The molecule has 15 heavy (non-hydrogen) atoms. The number of oxime groups is 1. The fourth-order valence-electron chi connectivity index (χ4n) is 1.64. The Morgan fingerprint density at radius 2 is 2.20 bits per heavy atom. The van der Waals surface area contributed by atoms with Crippen LogP contribution in [0.5, 0.6) is 0 Å². The van der Waals surface area contributed by atoms with Gasteiger partial charge in [0.2, 0.25) is 0 Å². The van der Waals surface area contributed by atoms with Crippen LogP contribution in [0.2, 0.25) is 0 Å². The van der Waals surface area contributed by atoms with Gasteiger partial charge in [0.05, 0.1) is 17.8 Å². The highest BCUT2D eigenvalue weighted by Crippen LogP contribution is 2.42. The second kappa shape index (κ2) is 3.43. The van der Waals surface area contributed by atoms with E-state index >= 15 is 0 Å². The van der Waals surface area contributed by atoms with Crippen LogP contribution in [0.15, 0.2) is 10.1 Å². The molecule has 1 saturated heterocycles. The average molecular weight is 268 g/mol. The van der Waals surface area contributed by atoms with Gasteiger partial charge in [0.25, 0.3) is 0 Å². The Bertz CT molecular complexity index is 354. The molecule has 0 spiro atoms. The van der Waals surface area contributed by atoms with E-state index in [9.17, 15) is 0 Å². The standard InChI is InChI=1S/C8H11Cl2N3OS/c1-7(2)5(12-14)13-4-8(9,10)3-11-6(13)15-7/h14H,3-4H2,1-2H3/b12-5-. The molecular formula is C8H11Cl2N3OS. The maximum Gasteiger partial charge on any atom is 0.166 e. The second-order valence-corrected chi connectivity index (χ2v) is 7.31. The number of aliphatic imine (C=N–C) groups is 1. The van der Waals surface area contributed by atoms with Crippen molar-refractivity contribution in [2.45, 2.75) is 22.9 Å². The average Bonchev–Trinajstić information content (AvgIpc) is 2.33. The molecule has 0 atom stereocenters. The molecule has 2 aliphatic rings. The van der Waals surface area contributed by atoms with Crippen molar-refractivity contribution >= 4 is 46.0 Å². The van der Waals surface area contributed by atoms with Crippen LogP contribution < -0.4 is 0 Å². The summed E-state index contributed by atoms with van der Waals surface area (Å²) in [4.78, 5) is 6.06. The van der Waals surface area contributed by atoms with Crippen LogP contribution in [-0.2, 0) is 0 Å². The third-order valence-corrected chi connectivity index (χ3v) is 4.00. The van der Waals surface area contributed by atoms with Gasteiger partial charge in [-0.05, 0) is 13.8 Å². The number of rotatable bonds is 0. The molecule has 0 amide bonds. The van der Waals surface area contributed by atoms with Crippen molar-refractivity contribution in [3.8, 4) is 0 Å². The molecule has 0 aromatic heterocycles. The Kier molecular flexibility index (Phi) is 2.60. The monoisotopic (exact) mass is 267 g/mol. The van der Waals surface area contributed by atoms with Gasteiger partial charge in [0.1, 0.15) is 0 Å². The lowest BCUT2D eigenvalue weighted by Crippen LogP contribution is -2.46. The summed E-state index contributed by atoms with van der Waals surface area (Å²) < 4.78 is -1.19. The van der Waals surface area contributed by atoms with E-state index in [2.05, 4.69) is 10.1 Å². The van der Waals surface area contributed by atoms with Crippen LogP contribution in [0, 0.1) is 0 Å². The van der Waals surface area contributed by atoms with Crippen LogP contribution in [0.25, 0.3) is 0 Å². The molecule has 0 saturated carbocycles. The predicted molar refractivity (Wildman–Crippen MR) is 64.3 cm³/mol. The zero-order valence-electron chi connectivity index (χ0n) is 8.37. The van der Waals surface area contributed by atoms with Crippen LogP contribution in [-0.4, -0.2) is 43.3 Å². The molecular weight excluding hydrogens is 257 g/mol. The Morgan fingerprint density at radius 1 is 1.53 bits per heavy atom. The second-order valence-electron chi connectivity index (χ2n) is 4.08. The molecule has 2 rings (SSSR count). The minimum absolute atomic E-state index is 0.290. The molecule has 4 nitrogen and oxygen atoms in total. The van der Waals surface area contributed by atoms with Crippen molar-refractivity contribution in [2.75, 3.05) is 13.1 Å². The van der Waals surface area contributed by atoms with E-state index in [1.54, 1.807) is 16.7 Å². The summed E-state index contributed by atoms with van der Waals surface area (Å²) in [6, 6.07) is 0. The van der Waals surface area contributed by atoms with Gasteiger partial charge in [0, 0.05) is 0 Å². The summed E-state index contributed by atoms with van der Waals surface area (Å²) in [6.07, 6.45) is 0. The predicted octanol–water partition coefficient (Wildman–Crippen LogP) is 2.15. The highest BCUT2D eigenvalue weighted by atomic mass is 35.5. The third kappa shape index (κ3) is 1.92. The number of alkyl halides is 2. The van der Waals surface area contributed by atoms with Gasteiger partial charge in [-0.3, -0.25) is 4.99 Å². The van der Waals surface area contributed by atoms with Gasteiger partial charge in [0.15, 0.2) is 15.3 Å². The number of hydrogen-bond donors (Lipinski definition) is 1. The van der Waals surface area contributed by atoms with E-state index in [-0.39, 0.29) is 4.75 Å². The summed E-state index contributed by atoms with van der Waals surface area (Å²) in [5.74, 6) is 0.552. The first-order chi connectivity index (χ1) is 6.86. The molecule has 0 bridgehead atoms.